The molecule has 0 spiro atoms. The van der Waals surface area contributed by atoms with Crippen molar-refractivity contribution in [2.75, 3.05) is 31.5 Å². The van der Waals surface area contributed by atoms with Gasteiger partial charge in [0.25, 0.3) is 11.8 Å². The lowest BCUT2D eigenvalue weighted by Gasteiger charge is -2.18. The molecule has 1 saturated heterocycles. The summed E-state index contributed by atoms with van der Waals surface area (Å²) in [5, 5.41) is 2.78. The molecule has 3 rings (SSSR count). The number of nitrogens with one attached hydrogen (secondary N) is 1. The van der Waals surface area contributed by atoms with Gasteiger partial charge < -0.3 is 14.8 Å². The molecule has 2 heterocycles. The summed E-state index contributed by atoms with van der Waals surface area (Å²) in [6.07, 6.45) is 3.39. The second-order valence-corrected chi connectivity index (χ2v) is 9.20. The molecule has 9 heteroatoms. The van der Waals surface area contributed by atoms with Gasteiger partial charge in [0, 0.05) is 39.4 Å². The standard InChI is InChI=1S/C21H28N4O4S/c1-4-25(5-2)30(28,29)16-14-19(23(3)15-16)20(26)22-18-11-7-6-10-17(18)21(27)24-12-8-9-13-24/h6-7,10-11,14-15H,4-5,8-9,12-13H2,1-3H3,(H,22,26). The normalized spacial score (nSPS) is 14.3. The van der Waals surface area contributed by atoms with E-state index in [1.165, 1.54) is 21.1 Å². The van der Waals surface area contributed by atoms with Crippen LogP contribution in [-0.2, 0) is 17.1 Å². The fourth-order valence-electron chi connectivity index (χ4n) is 3.67. The van der Waals surface area contributed by atoms with Crippen LogP contribution in [0.5, 0.6) is 0 Å². The van der Waals surface area contributed by atoms with E-state index in [9.17, 15) is 18.0 Å². The van der Waals surface area contributed by atoms with Crippen molar-refractivity contribution in [2.45, 2.75) is 31.6 Å². The van der Waals surface area contributed by atoms with Gasteiger partial charge in [-0.3, -0.25) is 9.59 Å². The van der Waals surface area contributed by atoms with Crippen LogP contribution in [0.2, 0.25) is 0 Å². The molecule has 0 aliphatic carbocycles. The van der Waals surface area contributed by atoms with Gasteiger partial charge in [-0.1, -0.05) is 26.0 Å². The first kappa shape index (κ1) is 22.0. The van der Waals surface area contributed by atoms with Crippen molar-refractivity contribution in [3.05, 3.63) is 47.8 Å². The Bertz CT molecular complexity index is 1040. The van der Waals surface area contributed by atoms with E-state index in [1.807, 2.05) is 0 Å². The van der Waals surface area contributed by atoms with Crippen LogP contribution in [0.3, 0.4) is 0 Å². The first-order valence-electron chi connectivity index (χ1n) is 10.2. The van der Waals surface area contributed by atoms with E-state index in [1.54, 1.807) is 50.1 Å². The number of amides is 2. The maximum atomic E-state index is 12.9. The summed E-state index contributed by atoms with van der Waals surface area (Å²) in [5.74, 6) is -0.583. The number of carbonyl (C=O) groups is 2. The molecule has 0 saturated carbocycles. The molecule has 1 fully saturated rings. The average Bonchev–Trinajstić information content (AvgIpc) is 3.39. The largest absolute Gasteiger partial charge is 0.345 e. The number of hydrogen-bond acceptors (Lipinski definition) is 4. The molecule has 2 amide bonds. The van der Waals surface area contributed by atoms with Crippen molar-refractivity contribution in [2.24, 2.45) is 7.05 Å². The number of carbonyl (C=O) groups excluding carboxylic acids is 2. The van der Waals surface area contributed by atoms with E-state index in [2.05, 4.69) is 5.32 Å². The maximum absolute atomic E-state index is 12.9. The molecule has 8 nitrogen and oxygen atoms in total. The number of likely N-dealkylation sites (tertiary alicyclic amines) is 1. The van der Waals surface area contributed by atoms with Crippen molar-refractivity contribution in [1.82, 2.24) is 13.8 Å². The molecule has 162 valence electrons. The van der Waals surface area contributed by atoms with Gasteiger partial charge in [-0.25, -0.2) is 8.42 Å². The van der Waals surface area contributed by atoms with Crippen LogP contribution in [0, 0.1) is 0 Å². The van der Waals surface area contributed by atoms with E-state index in [0.717, 1.165) is 12.8 Å². The maximum Gasteiger partial charge on any atom is 0.272 e. The van der Waals surface area contributed by atoms with Gasteiger partial charge in [-0.15, -0.1) is 0 Å². The molecule has 2 aromatic rings. The van der Waals surface area contributed by atoms with Crippen molar-refractivity contribution in [3.8, 4) is 0 Å². The minimum absolute atomic E-state index is 0.0697. The molecule has 0 bridgehead atoms. The van der Waals surface area contributed by atoms with E-state index in [-0.39, 0.29) is 16.5 Å². The summed E-state index contributed by atoms with van der Waals surface area (Å²) in [5.41, 5.74) is 1.04. The summed E-state index contributed by atoms with van der Waals surface area (Å²) in [4.78, 5) is 27.6. The number of anilines is 1. The number of aryl methyl sites for hydroxylation is 1. The number of aromatic nitrogens is 1. The van der Waals surface area contributed by atoms with Crippen LogP contribution in [0.25, 0.3) is 0 Å². The van der Waals surface area contributed by atoms with Crippen LogP contribution in [-0.4, -0.2) is 60.2 Å². The lowest BCUT2D eigenvalue weighted by atomic mass is 10.1. The average molecular weight is 433 g/mol. The Hall–Kier alpha value is -2.65. The van der Waals surface area contributed by atoms with Gasteiger partial charge in [0.1, 0.15) is 10.6 Å². The summed E-state index contributed by atoms with van der Waals surface area (Å²) in [6.45, 7) is 5.66. The van der Waals surface area contributed by atoms with Crippen molar-refractivity contribution in [1.29, 1.82) is 0 Å². The van der Waals surface area contributed by atoms with Gasteiger partial charge in [-0.05, 0) is 31.0 Å². The molecule has 0 unspecified atom stereocenters. The Labute approximate surface area is 177 Å². The number of hydrogen-bond donors (Lipinski definition) is 1. The predicted molar refractivity (Wildman–Crippen MR) is 115 cm³/mol. The molecule has 1 N–H and O–H groups in total. The zero-order valence-corrected chi connectivity index (χ0v) is 18.4. The quantitative estimate of drug-likeness (QED) is 0.728. The van der Waals surface area contributed by atoms with Gasteiger partial charge in [-0.2, -0.15) is 4.31 Å². The minimum Gasteiger partial charge on any atom is -0.345 e. The van der Waals surface area contributed by atoms with Gasteiger partial charge in [0.05, 0.1) is 11.3 Å². The Morgan fingerprint density at radius 3 is 2.37 bits per heavy atom. The molecule has 0 radical (unpaired) electrons. The van der Waals surface area contributed by atoms with Crippen LogP contribution in [0.4, 0.5) is 5.69 Å². The van der Waals surface area contributed by atoms with Gasteiger partial charge in [0.2, 0.25) is 10.0 Å². The zero-order chi connectivity index (χ0) is 21.9. The number of sulfonamides is 1. The Kier molecular flexibility index (Phi) is 6.62. The number of rotatable bonds is 7. The zero-order valence-electron chi connectivity index (χ0n) is 17.6. The van der Waals surface area contributed by atoms with Gasteiger partial charge in [0.15, 0.2) is 0 Å². The summed E-state index contributed by atoms with van der Waals surface area (Å²) < 4.78 is 28.3. The lowest BCUT2D eigenvalue weighted by molar-refractivity contribution is 0.0794. The third-order valence-corrected chi connectivity index (χ3v) is 7.37. The molecular formula is C21H28N4O4S. The number of para-hydroxylation sites is 1. The summed E-state index contributed by atoms with van der Waals surface area (Å²) in [6, 6.07) is 8.25. The van der Waals surface area contributed by atoms with Crippen LogP contribution >= 0.6 is 0 Å². The fraction of sp³-hybridized carbons (Fsp3) is 0.429. The molecule has 0 atom stereocenters. The predicted octanol–water partition coefficient (Wildman–Crippen LogP) is 2.54. The first-order valence-corrected chi connectivity index (χ1v) is 11.6. The molecular weight excluding hydrogens is 404 g/mol. The Balaban J connectivity index is 1.86. The van der Waals surface area contributed by atoms with Crippen molar-refractivity contribution >= 4 is 27.5 Å². The second-order valence-electron chi connectivity index (χ2n) is 7.26. The topological polar surface area (TPSA) is 91.7 Å². The highest BCUT2D eigenvalue weighted by Crippen LogP contribution is 2.23. The molecule has 1 aliphatic heterocycles. The Morgan fingerprint density at radius 2 is 1.73 bits per heavy atom. The van der Waals surface area contributed by atoms with Gasteiger partial charge >= 0.3 is 0 Å². The molecule has 30 heavy (non-hydrogen) atoms. The van der Waals surface area contributed by atoms with Crippen LogP contribution < -0.4 is 5.32 Å². The van der Waals surface area contributed by atoms with E-state index >= 15 is 0 Å². The lowest BCUT2D eigenvalue weighted by Crippen LogP contribution is -2.30. The van der Waals surface area contributed by atoms with Crippen LogP contribution in [0.15, 0.2) is 41.4 Å². The summed E-state index contributed by atoms with van der Waals surface area (Å²) >= 11 is 0. The van der Waals surface area contributed by atoms with E-state index in [0.29, 0.717) is 37.4 Å². The Morgan fingerprint density at radius 1 is 1.10 bits per heavy atom. The molecule has 1 aromatic heterocycles. The highest BCUT2D eigenvalue weighted by atomic mass is 32.2. The highest BCUT2D eigenvalue weighted by molar-refractivity contribution is 7.89. The van der Waals surface area contributed by atoms with E-state index in [4.69, 9.17) is 0 Å². The van der Waals surface area contributed by atoms with Crippen molar-refractivity contribution < 1.29 is 18.0 Å². The first-order chi connectivity index (χ1) is 14.3. The van der Waals surface area contributed by atoms with E-state index < -0.39 is 15.9 Å². The third kappa shape index (κ3) is 4.27. The monoisotopic (exact) mass is 432 g/mol. The highest BCUT2D eigenvalue weighted by Gasteiger charge is 2.26. The minimum atomic E-state index is -3.67. The third-order valence-electron chi connectivity index (χ3n) is 5.35. The summed E-state index contributed by atoms with van der Waals surface area (Å²) in [7, 11) is -2.05. The number of benzene rings is 1. The fourth-order valence-corrected chi connectivity index (χ4v) is 5.20. The van der Waals surface area contributed by atoms with Crippen molar-refractivity contribution in [3.63, 3.8) is 0 Å². The second kappa shape index (κ2) is 9.01. The SMILES string of the molecule is CCN(CC)S(=O)(=O)c1cc(C(=O)Nc2ccccc2C(=O)N2CCCC2)n(C)c1. The number of nitrogens with zero attached hydrogens (tertiary/aromatic N) is 3. The smallest absolute Gasteiger partial charge is 0.272 e. The molecule has 1 aliphatic rings. The van der Waals surface area contributed by atoms with Crippen LogP contribution in [0.1, 0.15) is 47.5 Å². The molecule has 1 aromatic carbocycles.